The Morgan fingerprint density at radius 3 is 2.24 bits per heavy atom. The first kappa shape index (κ1) is 24.4. The quantitative estimate of drug-likeness (QED) is 0.492. The van der Waals surface area contributed by atoms with Gasteiger partial charge in [-0.2, -0.15) is 0 Å². The van der Waals surface area contributed by atoms with Gasteiger partial charge in [0.15, 0.2) is 11.5 Å². The van der Waals surface area contributed by atoms with E-state index in [1.54, 1.807) is 42.5 Å². The van der Waals surface area contributed by atoms with Gasteiger partial charge in [0.1, 0.15) is 6.54 Å². The number of hydrogen-bond acceptors (Lipinski definition) is 5. The molecule has 0 bridgehead atoms. The van der Waals surface area contributed by atoms with Crippen molar-refractivity contribution in [3.8, 4) is 11.5 Å². The van der Waals surface area contributed by atoms with Crippen molar-refractivity contribution < 1.29 is 22.7 Å². The van der Waals surface area contributed by atoms with Gasteiger partial charge in [-0.1, -0.05) is 35.4 Å². The minimum absolute atomic E-state index is 0.0645. The molecule has 3 aromatic rings. The summed E-state index contributed by atoms with van der Waals surface area (Å²) in [5.41, 5.74) is 2.48. The summed E-state index contributed by atoms with van der Waals surface area (Å²) in [5.74, 6) is 0.254. The van der Waals surface area contributed by atoms with Gasteiger partial charge >= 0.3 is 0 Å². The molecule has 9 heteroatoms. The number of nitrogens with zero attached hydrogens (tertiary/aromatic N) is 1. The number of halogens is 1. The van der Waals surface area contributed by atoms with E-state index < -0.39 is 22.5 Å². The minimum Gasteiger partial charge on any atom is -0.493 e. The van der Waals surface area contributed by atoms with Crippen molar-refractivity contribution in [1.29, 1.82) is 0 Å². The van der Waals surface area contributed by atoms with Gasteiger partial charge in [0, 0.05) is 16.8 Å². The maximum Gasteiger partial charge on any atom is 0.264 e. The van der Waals surface area contributed by atoms with E-state index in [-0.39, 0.29) is 10.6 Å². The van der Waals surface area contributed by atoms with Gasteiger partial charge in [-0.3, -0.25) is 9.10 Å². The zero-order valence-electron chi connectivity index (χ0n) is 18.8. The summed E-state index contributed by atoms with van der Waals surface area (Å²) < 4.78 is 38.7. The smallest absolute Gasteiger partial charge is 0.264 e. The highest BCUT2D eigenvalue weighted by Crippen LogP contribution is 2.34. The van der Waals surface area contributed by atoms with E-state index >= 15 is 0 Å². The monoisotopic (exact) mass is 488 g/mol. The van der Waals surface area contributed by atoms with E-state index in [0.29, 0.717) is 22.2 Å². The van der Waals surface area contributed by atoms with Crippen LogP contribution in [0.3, 0.4) is 0 Å². The number of sulfonamides is 1. The lowest BCUT2D eigenvalue weighted by molar-refractivity contribution is -0.114. The first-order valence-corrected chi connectivity index (χ1v) is 11.8. The number of anilines is 2. The molecule has 3 aromatic carbocycles. The molecule has 1 amide bonds. The molecule has 0 spiro atoms. The lowest BCUT2D eigenvalue weighted by Gasteiger charge is -2.25. The Hall–Kier alpha value is -3.23. The van der Waals surface area contributed by atoms with Crippen molar-refractivity contribution >= 4 is 38.9 Å². The Bertz CT molecular complexity index is 1260. The SMILES string of the molecule is COc1ccc(N(CC(=O)Nc2cc(Cl)ccc2C)S(=O)(=O)c2ccc(C)cc2)cc1OC. The highest BCUT2D eigenvalue weighted by Gasteiger charge is 2.28. The second kappa shape index (κ2) is 10.1. The average molecular weight is 489 g/mol. The third kappa shape index (κ3) is 5.58. The topological polar surface area (TPSA) is 84.9 Å². The fourth-order valence-electron chi connectivity index (χ4n) is 3.18. The van der Waals surface area contributed by atoms with E-state index in [2.05, 4.69) is 5.32 Å². The summed E-state index contributed by atoms with van der Waals surface area (Å²) in [4.78, 5) is 13.0. The summed E-state index contributed by atoms with van der Waals surface area (Å²) in [5, 5.41) is 3.21. The molecule has 0 aliphatic rings. The molecular formula is C24H25ClN2O5S. The van der Waals surface area contributed by atoms with Crippen LogP contribution in [0.2, 0.25) is 5.02 Å². The Morgan fingerprint density at radius 1 is 0.939 bits per heavy atom. The van der Waals surface area contributed by atoms with Crippen LogP contribution in [0, 0.1) is 13.8 Å². The third-order valence-electron chi connectivity index (χ3n) is 5.03. The van der Waals surface area contributed by atoms with E-state index in [0.717, 1.165) is 15.4 Å². The summed E-state index contributed by atoms with van der Waals surface area (Å²) >= 11 is 6.05. The van der Waals surface area contributed by atoms with Crippen LogP contribution in [-0.4, -0.2) is 35.1 Å². The zero-order chi connectivity index (χ0) is 24.2. The number of aryl methyl sites for hydroxylation is 2. The van der Waals surface area contributed by atoms with Crippen LogP contribution < -0.4 is 19.1 Å². The molecule has 0 aromatic heterocycles. The molecule has 1 N–H and O–H groups in total. The molecule has 0 atom stereocenters. The number of carbonyl (C=O) groups is 1. The Labute approximate surface area is 198 Å². The minimum atomic E-state index is -4.07. The maximum atomic E-state index is 13.6. The first-order chi connectivity index (χ1) is 15.6. The van der Waals surface area contributed by atoms with Gasteiger partial charge < -0.3 is 14.8 Å². The first-order valence-electron chi connectivity index (χ1n) is 10.0. The van der Waals surface area contributed by atoms with Crippen molar-refractivity contribution in [3.63, 3.8) is 0 Å². The molecule has 0 heterocycles. The van der Waals surface area contributed by atoms with Crippen LogP contribution in [0.4, 0.5) is 11.4 Å². The van der Waals surface area contributed by atoms with Crippen LogP contribution in [0.1, 0.15) is 11.1 Å². The molecule has 0 unspecified atom stereocenters. The lowest BCUT2D eigenvalue weighted by atomic mass is 10.2. The number of benzene rings is 3. The fourth-order valence-corrected chi connectivity index (χ4v) is 4.77. The van der Waals surface area contributed by atoms with Crippen LogP contribution >= 0.6 is 11.6 Å². The normalized spacial score (nSPS) is 11.1. The number of nitrogens with one attached hydrogen (secondary N) is 1. The maximum absolute atomic E-state index is 13.6. The number of hydrogen-bond donors (Lipinski definition) is 1. The molecule has 0 aliphatic carbocycles. The molecule has 7 nitrogen and oxygen atoms in total. The predicted molar refractivity (Wildman–Crippen MR) is 130 cm³/mol. The number of ether oxygens (including phenoxy) is 2. The van der Waals surface area contributed by atoms with Crippen molar-refractivity contribution in [2.75, 3.05) is 30.4 Å². The van der Waals surface area contributed by atoms with E-state index in [1.807, 2.05) is 13.8 Å². The Kier molecular flexibility index (Phi) is 7.50. The zero-order valence-corrected chi connectivity index (χ0v) is 20.3. The summed E-state index contributed by atoms with van der Waals surface area (Å²) in [6.45, 7) is 3.22. The van der Waals surface area contributed by atoms with Crippen LogP contribution in [0.5, 0.6) is 11.5 Å². The van der Waals surface area contributed by atoms with Crippen molar-refractivity contribution in [2.45, 2.75) is 18.7 Å². The highest BCUT2D eigenvalue weighted by molar-refractivity contribution is 7.92. The molecule has 33 heavy (non-hydrogen) atoms. The molecule has 0 radical (unpaired) electrons. The van der Waals surface area contributed by atoms with Gasteiger partial charge in [-0.05, 0) is 55.8 Å². The van der Waals surface area contributed by atoms with E-state index in [9.17, 15) is 13.2 Å². The van der Waals surface area contributed by atoms with Crippen LogP contribution in [0.15, 0.2) is 65.6 Å². The van der Waals surface area contributed by atoms with Crippen LogP contribution in [0.25, 0.3) is 0 Å². The molecule has 0 saturated carbocycles. The average Bonchev–Trinajstić information content (AvgIpc) is 2.79. The van der Waals surface area contributed by atoms with Gasteiger partial charge in [-0.25, -0.2) is 8.42 Å². The number of carbonyl (C=O) groups excluding carboxylic acids is 1. The van der Waals surface area contributed by atoms with Gasteiger partial charge in [0.2, 0.25) is 5.91 Å². The number of rotatable bonds is 8. The molecule has 0 fully saturated rings. The molecule has 0 aliphatic heterocycles. The second-order valence-electron chi connectivity index (χ2n) is 7.37. The largest absolute Gasteiger partial charge is 0.493 e. The van der Waals surface area contributed by atoms with Crippen molar-refractivity contribution in [3.05, 3.63) is 76.8 Å². The summed E-state index contributed by atoms with van der Waals surface area (Å²) in [6, 6.07) is 16.2. The standard InChI is InChI=1S/C24H25ClN2O5S/c1-16-5-10-20(11-6-16)33(29,30)27(19-9-12-22(31-3)23(14-19)32-4)15-24(28)26-21-13-18(25)8-7-17(21)2/h5-14H,15H2,1-4H3,(H,26,28). The molecule has 3 rings (SSSR count). The molecule has 174 valence electrons. The fraction of sp³-hybridized carbons (Fsp3) is 0.208. The van der Waals surface area contributed by atoms with Crippen LogP contribution in [-0.2, 0) is 14.8 Å². The number of amides is 1. The van der Waals surface area contributed by atoms with Crippen molar-refractivity contribution in [1.82, 2.24) is 0 Å². The molecular weight excluding hydrogens is 464 g/mol. The third-order valence-corrected chi connectivity index (χ3v) is 7.05. The van der Waals surface area contributed by atoms with Gasteiger partial charge in [0.25, 0.3) is 10.0 Å². The Morgan fingerprint density at radius 2 is 1.61 bits per heavy atom. The summed E-state index contributed by atoms with van der Waals surface area (Å²) in [6.07, 6.45) is 0. The molecule has 0 saturated heterocycles. The van der Waals surface area contributed by atoms with E-state index in [4.69, 9.17) is 21.1 Å². The predicted octanol–water partition coefficient (Wildman–Crippen LogP) is 4.81. The summed E-state index contributed by atoms with van der Waals surface area (Å²) in [7, 11) is -1.13. The van der Waals surface area contributed by atoms with E-state index in [1.165, 1.54) is 32.4 Å². The van der Waals surface area contributed by atoms with Crippen molar-refractivity contribution in [2.24, 2.45) is 0 Å². The second-order valence-corrected chi connectivity index (χ2v) is 9.67. The highest BCUT2D eigenvalue weighted by atomic mass is 35.5. The van der Waals surface area contributed by atoms with Gasteiger partial charge in [-0.15, -0.1) is 0 Å². The lowest BCUT2D eigenvalue weighted by Crippen LogP contribution is -2.38. The Balaban J connectivity index is 2.02. The number of methoxy groups -OCH3 is 2. The van der Waals surface area contributed by atoms with Gasteiger partial charge in [0.05, 0.1) is 24.8 Å².